The topological polar surface area (TPSA) is 87.6 Å². The molecule has 0 saturated heterocycles. The van der Waals surface area contributed by atoms with E-state index in [1.807, 2.05) is 26.0 Å². The van der Waals surface area contributed by atoms with Crippen LogP contribution in [0.25, 0.3) is 21.8 Å². The van der Waals surface area contributed by atoms with E-state index in [4.69, 9.17) is 19.2 Å². The lowest BCUT2D eigenvalue weighted by molar-refractivity contribution is -0.164. The Balaban J connectivity index is 1.04. The van der Waals surface area contributed by atoms with Gasteiger partial charge in [0.05, 0.1) is 14.5 Å². The monoisotopic (exact) mass is 1000 g/mol. The zero-order valence-corrected chi connectivity index (χ0v) is 36.5. The Labute approximate surface area is 350 Å². The van der Waals surface area contributed by atoms with E-state index in [1.54, 1.807) is 30.3 Å². The average Bonchev–Trinajstić information content (AvgIpc) is 3.14. The highest BCUT2D eigenvalue weighted by Crippen LogP contribution is 2.40. The number of halogens is 6. The Bertz CT molecular complexity index is 2430. The van der Waals surface area contributed by atoms with Gasteiger partial charge in [-0.25, -0.2) is 23.4 Å². The molecular formula is C42H34Br4F2N2O5. The van der Waals surface area contributed by atoms with Gasteiger partial charge in [0.25, 0.3) is 0 Å². The van der Waals surface area contributed by atoms with Gasteiger partial charge in [0.2, 0.25) is 6.17 Å². The van der Waals surface area contributed by atoms with E-state index in [0.29, 0.717) is 44.2 Å². The predicted octanol–water partition coefficient (Wildman–Crippen LogP) is 12.1. The number of ether oxygens (including phenoxy) is 3. The predicted molar refractivity (Wildman–Crippen MR) is 223 cm³/mol. The number of aromatic nitrogens is 2. The van der Waals surface area contributed by atoms with Crippen molar-refractivity contribution < 1.29 is 32.6 Å². The van der Waals surface area contributed by atoms with Crippen LogP contribution in [0.1, 0.15) is 53.1 Å². The van der Waals surface area contributed by atoms with Gasteiger partial charge in [-0.15, -0.1) is 0 Å². The molecule has 0 fully saturated rings. The molecule has 0 saturated carbocycles. The van der Waals surface area contributed by atoms with Gasteiger partial charge >= 0.3 is 11.9 Å². The quantitative estimate of drug-likeness (QED) is 0.0891. The van der Waals surface area contributed by atoms with Crippen LogP contribution in [0.4, 0.5) is 8.78 Å². The molecule has 13 heteroatoms. The molecule has 6 aromatic rings. The number of rotatable bonds is 12. The van der Waals surface area contributed by atoms with Crippen molar-refractivity contribution in [2.45, 2.75) is 59.5 Å². The van der Waals surface area contributed by atoms with Crippen LogP contribution in [-0.2, 0) is 40.0 Å². The van der Waals surface area contributed by atoms with E-state index in [-0.39, 0.29) is 17.7 Å². The summed E-state index contributed by atoms with van der Waals surface area (Å²) in [4.78, 5) is 34.2. The Morgan fingerprint density at radius 3 is 2.04 bits per heavy atom. The second kappa shape index (κ2) is 17.6. The molecule has 1 unspecified atom stereocenters. The molecular weight excluding hydrogens is 970 g/mol. The van der Waals surface area contributed by atoms with Gasteiger partial charge in [-0.05, 0) is 147 Å². The van der Waals surface area contributed by atoms with Gasteiger partial charge in [-0.1, -0.05) is 51.8 Å². The summed E-state index contributed by atoms with van der Waals surface area (Å²) < 4.78 is 48.9. The number of fused-ring (bicyclic) bond motifs is 2. The smallest absolute Gasteiger partial charge is 0.351 e. The van der Waals surface area contributed by atoms with Crippen molar-refractivity contribution in [3.05, 3.63) is 130 Å². The van der Waals surface area contributed by atoms with Gasteiger partial charge in [0.15, 0.2) is 18.2 Å². The first-order valence-electron chi connectivity index (χ1n) is 17.4. The first-order chi connectivity index (χ1) is 26.2. The third kappa shape index (κ3) is 9.61. The molecule has 4 aromatic carbocycles. The summed E-state index contributed by atoms with van der Waals surface area (Å²) in [6, 6.07) is 19.8. The standard InChI is InChI=1S/C42H34Br4F2N2O5/c1-5-25-9-21(3)29-11-23(7-8-38(29)49-25)12-31-32(43)17-27(18-33(31)44)53-20-39(51)55-42(52)37(48)15-24-13-34(45)41(35(46)14-24)54-28-16-30-22(4)10-26(6-2)50-40(30)36(47)19-28/h7-11,13-14,16-19,37H,5-6,12,15,20H2,1-4H3. The summed E-state index contributed by atoms with van der Waals surface area (Å²) >= 11 is 14.1. The minimum atomic E-state index is -2.14. The van der Waals surface area contributed by atoms with Crippen LogP contribution in [0, 0.1) is 19.7 Å². The number of hydrogen-bond acceptors (Lipinski definition) is 7. The molecule has 0 N–H and O–H groups in total. The van der Waals surface area contributed by atoms with Gasteiger partial charge in [0, 0.05) is 43.6 Å². The highest BCUT2D eigenvalue weighted by molar-refractivity contribution is 9.11. The number of carbonyl (C=O) groups is 2. The van der Waals surface area contributed by atoms with Crippen molar-refractivity contribution in [3.8, 4) is 17.2 Å². The molecule has 55 heavy (non-hydrogen) atoms. The maximum atomic E-state index is 15.1. The number of carbonyl (C=O) groups excluding carboxylic acids is 2. The first-order valence-corrected chi connectivity index (χ1v) is 20.5. The molecule has 0 spiro atoms. The molecule has 2 heterocycles. The molecule has 1 atom stereocenters. The lowest BCUT2D eigenvalue weighted by Crippen LogP contribution is -2.27. The zero-order chi connectivity index (χ0) is 39.6. The molecule has 6 rings (SSSR count). The number of esters is 2. The zero-order valence-electron chi connectivity index (χ0n) is 30.2. The molecule has 0 aliphatic rings. The maximum Gasteiger partial charge on any atom is 0.351 e. The molecule has 7 nitrogen and oxygen atoms in total. The summed E-state index contributed by atoms with van der Waals surface area (Å²) in [6.45, 7) is 7.41. The van der Waals surface area contributed by atoms with Crippen LogP contribution in [0.3, 0.4) is 0 Å². The van der Waals surface area contributed by atoms with E-state index >= 15 is 8.78 Å². The van der Waals surface area contributed by atoms with Crippen molar-refractivity contribution in [1.29, 1.82) is 0 Å². The van der Waals surface area contributed by atoms with Crippen LogP contribution >= 0.6 is 63.7 Å². The number of aryl methyl sites for hydroxylation is 4. The molecule has 0 radical (unpaired) electrons. The molecule has 0 bridgehead atoms. The SMILES string of the molecule is CCc1cc(C)c2cc(Cc3c(Br)cc(OCC(=O)OC(=O)C(F)Cc4cc(Br)c(Oc5cc(F)c6nc(CC)cc(C)c6c5)c(Br)c4)cc3Br)ccc2n1. The van der Waals surface area contributed by atoms with Crippen molar-refractivity contribution in [3.63, 3.8) is 0 Å². The van der Waals surface area contributed by atoms with E-state index < -0.39 is 30.5 Å². The van der Waals surface area contributed by atoms with Crippen LogP contribution in [0.15, 0.2) is 84.6 Å². The summed E-state index contributed by atoms with van der Waals surface area (Å²) in [5.74, 6) is -1.99. The Hall–Kier alpha value is -3.78. The first kappa shape index (κ1) is 40.9. The van der Waals surface area contributed by atoms with Crippen LogP contribution in [-0.4, -0.2) is 34.7 Å². The third-order valence-corrected chi connectivity index (χ3v) is 11.6. The van der Waals surface area contributed by atoms with Gasteiger partial charge < -0.3 is 14.2 Å². The van der Waals surface area contributed by atoms with Gasteiger partial charge in [-0.3, -0.25) is 4.98 Å². The number of pyridine rings is 2. The Morgan fingerprint density at radius 2 is 1.38 bits per heavy atom. The fraction of sp³-hybridized carbons (Fsp3) is 0.238. The summed E-state index contributed by atoms with van der Waals surface area (Å²) in [7, 11) is 0. The number of nitrogens with zero attached hydrogens (tertiary/aromatic N) is 2. The van der Waals surface area contributed by atoms with Crippen molar-refractivity contribution in [2.24, 2.45) is 0 Å². The normalized spacial score (nSPS) is 11.9. The highest BCUT2D eigenvalue weighted by atomic mass is 79.9. The third-order valence-electron chi connectivity index (χ3n) is 8.97. The molecule has 284 valence electrons. The van der Waals surface area contributed by atoms with Crippen molar-refractivity contribution in [2.75, 3.05) is 6.61 Å². The number of hydrogen-bond donors (Lipinski definition) is 0. The van der Waals surface area contributed by atoms with Crippen molar-refractivity contribution in [1.82, 2.24) is 9.97 Å². The van der Waals surface area contributed by atoms with E-state index in [9.17, 15) is 9.59 Å². The lowest BCUT2D eigenvalue weighted by atomic mass is 10.0. The largest absolute Gasteiger partial charge is 0.482 e. The minimum absolute atomic E-state index is 0.246. The van der Waals surface area contributed by atoms with Gasteiger partial charge in [-0.2, -0.15) is 0 Å². The summed E-state index contributed by atoms with van der Waals surface area (Å²) in [6.07, 6.45) is -0.349. The fourth-order valence-corrected chi connectivity index (χ4v) is 9.02. The van der Waals surface area contributed by atoms with Crippen molar-refractivity contribution >= 4 is 97.5 Å². The molecule has 0 amide bonds. The number of alkyl halides is 1. The minimum Gasteiger partial charge on any atom is -0.482 e. The van der Waals surface area contributed by atoms with E-state index in [1.165, 1.54) is 11.6 Å². The summed E-state index contributed by atoms with van der Waals surface area (Å²) in [5.41, 5.74) is 7.60. The summed E-state index contributed by atoms with van der Waals surface area (Å²) in [5, 5.41) is 1.73. The Kier molecular flexibility index (Phi) is 13.1. The number of benzene rings is 4. The Morgan fingerprint density at radius 1 is 0.745 bits per heavy atom. The van der Waals surface area contributed by atoms with E-state index in [0.717, 1.165) is 54.3 Å². The van der Waals surface area contributed by atoms with Crippen LogP contribution in [0.5, 0.6) is 17.2 Å². The molecule has 2 aromatic heterocycles. The van der Waals surface area contributed by atoms with Gasteiger partial charge in [0.1, 0.15) is 17.0 Å². The second-order valence-electron chi connectivity index (χ2n) is 13.0. The van der Waals surface area contributed by atoms with Crippen LogP contribution in [0.2, 0.25) is 0 Å². The average molecular weight is 1000 g/mol. The molecule has 0 aliphatic heterocycles. The second-order valence-corrected chi connectivity index (χ2v) is 16.4. The maximum absolute atomic E-state index is 15.1. The fourth-order valence-electron chi connectivity index (χ4n) is 6.15. The lowest BCUT2D eigenvalue weighted by Gasteiger charge is -2.15. The van der Waals surface area contributed by atoms with Crippen LogP contribution < -0.4 is 9.47 Å². The highest BCUT2D eigenvalue weighted by Gasteiger charge is 2.25. The van der Waals surface area contributed by atoms with E-state index in [2.05, 4.69) is 101 Å². The molecule has 0 aliphatic carbocycles.